The van der Waals surface area contributed by atoms with Crippen molar-refractivity contribution in [2.45, 2.75) is 71.9 Å². The smallest absolute Gasteiger partial charge is 0.318 e. The van der Waals surface area contributed by atoms with Crippen molar-refractivity contribution < 1.29 is 24.2 Å². The number of nitrogens with one attached hydrogen (secondary N) is 1. The molecule has 7 nitrogen and oxygen atoms in total. The van der Waals surface area contributed by atoms with Gasteiger partial charge in [-0.05, 0) is 82.6 Å². The minimum absolute atomic E-state index is 0.0686. The Hall–Kier alpha value is -3.35. The molecule has 194 valence electrons. The molecule has 2 N–H and O–H groups in total. The Morgan fingerprint density at radius 2 is 1.83 bits per heavy atom. The van der Waals surface area contributed by atoms with Crippen molar-refractivity contribution in [1.82, 2.24) is 10.2 Å². The first-order valence-corrected chi connectivity index (χ1v) is 12.9. The van der Waals surface area contributed by atoms with E-state index in [-0.39, 0.29) is 23.9 Å². The number of amides is 2. The molecule has 1 fully saturated rings. The number of carboxylic acids is 1. The molecule has 0 bridgehead atoms. The van der Waals surface area contributed by atoms with Gasteiger partial charge in [-0.2, -0.15) is 0 Å². The number of aliphatic carboxylic acids is 1. The van der Waals surface area contributed by atoms with Crippen LogP contribution in [0.15, 0.2) is 42.5 Å². The fourth-order valence-corrected chi connectivity index (χ4v) is 4.87. The third kappa shape index (κ3) is 6.45. The van der Waals surface area contributed by atoms with E-state index in [2.05, 4.69) is 17.4 Å². The monoisotopic (exact) mass is 494 g/mol. The van der Waals surface area contributed by atoms with Gasteiger partial charge in [-0.1, -0.05) is 36.4 Å². The zero-order valence-corrected chi connectivity index (χ0v) is 21.8. The third-order valence-corrected chi connectivity index (χ3v) is 7.15. The van der Waals surface area contributed by atoms with Crippen molar-refractivity contribution in [3.63, 3.8) is 0 Å². The van der Waals surface area contributed by atoms with Crippen LogP contribution in [0.25, 0.3) is 0 Å². The fraction of sp³-hybridized carbons (Fsp3) is 0.483. The number of urea groups is 1. The first-order chi connectivity index (χ1) is 17.2. The van der Waals surface area contributed by atoms with Gasteiger partial charge < -0.3 is 20.1 Å². The lowest BCUT2D eigenvalue weighted by Gasteiger charge is -2.38. The molecule has 7 heteroatoms. The van der Waals surface area contributed by atoms with Gasteiger partial charge in [0.2, 0.25) is 0 Å². The maximum absolute atomic E-state index is 13.4. The molecule has 2 aromatic rings. The average molecular weight is 495 g/mol. The molecule has 0 radical (unpaired) electrons. The van der Waals surface area contributed by atoms with Crippen LogP contribution in [0.4, 0.5) is 4.79 Å². The number of nitrogens with zero attached hydrogens (tertiary/aromatic N) is 1. The van der Waals surface area contributed by atoms with Crippen molar-refractivity contribution in [1.29, 1.82) is 0 Å². The molecule has 3 atom stereocenters. The Labute approximate surface area is 213 Å². The first-order valence-electron chi connectivity index (χ1n) is 12.9. The molecule has 0 spiro atoms. The number of carbonyl (C=O) groups is 3. The molecule has 0 aromatic heterocycles. The molecule has 0 heterocycles. The van der Waals surface area contributed by atoms with Gasteiger partial charge in [0.15, 0.2) is 5.78 Å². The number of hydrogen-bond donors (Lipinski definition) is 2. The number of hydrogen-bond acceptors (Lipinski definition) is 4. The minimum Gasteiger partial charge on any atom is -0.493 e. The Morgan fingerprint density at radius 3 is 2.42 bits per heavy atom. The summed E-state index contributed by atoms with van der Waals surface area (Å²) in [5.74, 6) is -0.916. The Morgan fingerprint density at radius 1 is 1.11 bits per heavy atom. The van der Waals surface area contributed by atoms with Gasteiger partial charge in [0.25, 0.3) is 0 Å². The Bertz CT molecular complexity index is 1070. The second-order valence-electron chi connectivity index (χ2n) is 9.54. The van der Waals surface area contributed by atoms with Crippen LogP contribution in [-0.2, 0) is 11.2 Å². The van der Waals surface area contributed by atoms with E-state index < -0.39 is 11.9 Å². The second-order valence-corrected chi connectivity index (χ2v) is 9.54. The summed E-state index contributed by atoms with van der Waals surface area (Å²) in [4.78, 5) is 38.8. The molecule has 1 aliphatic rings. The molecular weight excluding hydrogens is 456 g/mol. The lowest BCUT2D eigenvalue weighted by molar-refractivity contribution is -0.145. The predicted molar refractivity (Wildman–Crippen MR) is 140 cm³/mol. The summed E-state index contributed by atoms with van der Waals surface area (Å²) in [6.45, 7) is 8.25. The van der Waals surface area contributed by atoms with Gasteiger partial charge in [0.1, 0.15) is 5.75 Å². The Balaban J connectivity index is 1.80. The molecule has 36 heavy (non-hydrogen) atoms. The lowest BCUT2D eigenvalue weighted by atomic mass is 9.80. The van der Waals surface area contributed by atoms with Gasteiger partial charge in [-0.3, -0.25) is 9.59 Å². The van der Waals surface area contributed by atoms with Crippen LogP contribution < -0.4 is 10.1 Å². The van der Waals surface area contributed by atoms with Gasteiger partial charge >= 0.3 is 12.0 Å². The van der Waals surface area contributed by atoms with Crippen LogP contribution in [0.1, 0.15) is 79.5 Å². The lowest BCUT2D eigenvalue weighted by Crippen LogP contribution is -2.54. The van der Waals surface area contributed by atoms with Gasteiger partial charge in [0.05, 0.1) is 24.1 Å². The number of ether oxygens (including phenoxy) is 1. The van der Waals surface area contributed by atoms with Crippen LogP contribution in [0.5, 0.6) is 5.75 Å². The average Bonchev–Trinajstić information content (AvgIpc) is 2.82. The molecule has 0 saturated heterocycles. The number of carboxylic acid groups (broad SMARTS) is 1. The summed E-state index contributed by atoms with van der Waals surface area (Å²) in [7, 11) is 0. The predicted octanol–water partition coefficient (Wildman–Crippen LogP) is 5.56. The second kappa shape index (κ2) is 12.6. The highest BCUT2D eigenvalue weighted by molar-refractivity contribution is 5.97. The summed E-state index contributed by atoms with van der Waals surface area (Å²) in [6, 6.07) is 13.0. The SMILES string of the molecule is CCOc1c(C(C)=O)ccc([C@@H](C)N(CCCCc2ccccc2)C(=O)NC2CCC2C(=O)O)c1C. The number of carbonyl (C=O) groups excluding carboxylic acids is 2. The summed E-state index contributed by atoms with van der Waals surface area (Å²) in [5, 5.41) is 12.4. The van der Waals surface area contributed by atoms with Crippen molar-refractivity contribution in [2.24, 2.45) is 5.92 Å². The highest BCUT2D eigenvalue weighted by Gasteiger charge is 2.38. The fourth-order valence-electron chi connectivity index (χ4n) is 4.87. The quantitative estimate of drug-likeness (QED) is 0.298. The van der Waals surface area contributed by atoms with Crippen molar-refractivity contribution in [3.05, 3.63) is 64.7 Å². The van der Waals surface area contributed by atoms with E-state index in [0.717, 1.165) is 30.4 Å². The molecule has 3 rings (SSSR count). The maximum atomic E-state index is 13.4. The summed E-state index contributed by atoms with van der Waals surface area (Å²) in [5.41, 5.74) is 3.54. The summed E-state index contributed by atoms with van der Waals surface area (Å²) < 4.78 is 5.83. The van der Waals surface area contributed by atoms with E-state index in [1.807, 2.05) is 45.0 Å². The zero-order valence-electron chi connectivity index (χ0n) is 21.8. The van der Waals surface area contributed by atoms with Crippen molar-refractivity contribution in [3.8, 4) is 5.75 Å². The molecule has 1 saturated carbocycles. The van der Waals surface area contributed by atoms with Crippen LogP contribution in [0.3, 0.4) is 0 Å². The normalized spacial score (nSPS) is 17.6. The molecule has 2 aromatic carbocycles. The highest BCUT2D eigenvalue weighted by atomic mass is 16.5. The minimum atomic E-state index is -0.869. The van der Waals surface area contributed by atoms with E-state index in [4.69, 9.17) is 4.74 Å². The van der Waals surface area contributed by atoms with Gasteiger partial charge in [-0.25, -0.2) is 4.79 Å². The number of rotatable bonds is 12. The maximum Gasteiger partial charge on any atom is 0.318 e. The highest BCUT2D eigenvalue weighted by Crippen LogP contribution is 2.34. The van der Waals surface area contributed by atoms with Crippen molar-refractivity contribution >= 4 is 17.8 Å². The number of ketones is 1. The van der Waals surface area contributed by atoms with E-state index >= 15 is 0 Å². The van der Waals surface area contributed by atoms with Crippen LogP contribution in [0, 0.1) is 12.8 Å². The number of Topliss-reactive ketones (excluding diaryl/α,β-unsaturated/α-hetero) is 1. The summed E-state index contributed by atoms with van der Waals surface area (Å²) >= 11 is 0. The van der Waals surface area contributed by atoms with Crippen LogP contribution in [-0.4, -0.2) is 47.0 Å². The topological polar surface area (TPSA) is 95.9 Å². The number of unbranched alkanes of at least 4 members (excludes halogenated alkanes) is 1. The third-order valence-electron chi connectivity index (χ3n) is 7.15. The molecule has 2 unspecified atom stereocenters. The van der Waals surface area contributed by atoms with Crippen molar-refractivity contribution in [2.75, 3.05) is 13.2 Å². The molecule has 1 aliphatic carbocycles. The number of aryl methyl sites for hydroxylation is 1. The zero-order chi connectivity index (χ0) is 26.2. The Kier molecular flexibility index (Phi) is 9.51. The largest absolute Gasteiger partial charge is 0.493 e. The van der Waals surface area contributed by atoms with E-state index in [1.165, 1.54) is 12.5 Å². The number of benzene rings is 2. The van der Waals surface area contributed by atoms with E-state index in [9.17, 15) is 19.5 Å². The molecule has 2 amide bonds. The summed E-state index contributed by atoms with van der Waals surface area (Å²) in [6.07, 6.45) is 3.90. The molecule has 0 aliphatic heterocycles. The molecular formula is C29H38N2O5. The van der Waals surface area contributed by atoms with Gasteiger partial charge in [-0.15, -0.1) is 0 Å². The van der Waals surface area contributed by atoms with Crippen LogP contribution >= 0.6 is 0 Å². The van der Waals surface area contributed by atoms with Crippen LogP contribution in [0.2, 0.25) is 0 Å². The standard InChI is InChI=1S/C29H38N2O5/c1-5-36-27-19(2)23(14-15-24(27)21(4)32)20(3)31(18-10-9-13-22-11-7-6-8-12-22)29(35)30-26-17-16-25(26)28(33)34/h6-8,11-12,14-15,20,25-26H,5,9-10,13,16-18H2,1-4H3,(H,30,35)(H,33,34)/t20-,25?,26?/m1/s1. The van der Waals surface area contributed by atoms with Gasteiger partial charge in [0, 0.05) is 12.6 Å². The van der Waals surface area contributed by atoms with E-state index in [1.54, 1.807) is 11.0 Å². The first kappa shape index (κ1) is 27.2. The van der Waals surface area contributed by atoms with E-state index in [0.29, 0.717) is 37.3 Å².